The van der Waals surface area contributed by atoms with Gasteiger partial charge in [0, 0.05) is 50.9 Å². The first-order chi connectivity index (χ1) is 12.6. The summed E-state index contributed by atoms with van der Waals surface area (Å²) < 4.78 is 0. The average Bonchev–Trinajstić information content (AvgIpc) is 2.67. The highest BCUT2D eigenvalue weighted by atomic mass is 16.2. The van der Waals surface area contributed by atoms with Crippen molar-refractivity contribution < 1.29 is 9.59 Å². The second-order valence-corrected chi connectivity index (χ2v) is 6.63. The SMILES string of the molecule is CC(=O)Nc1ccc(C(=O)N2CCN(CCc3ccccc3)CC2)cc1. The van der Waals surface area contributed by atoms with E-state index in [4.69, 9.17) is 0 Å². The summed E-state index contributed by atoms with van der Waals surface area (Å²) in [5, 5.41) is 2.71. The molecule has 2 amide bonds. The molecule has 1 fully saturated rings. The molecule has 26 heavy (non-hydrogen) atoms. The number of anilines is 1. The lowest BCUT2D eigenvalue weighted by Crippen LogP contribution is -2.49. The van der Waals surface area contributed by atoms with Gasteiger partial charge in [-0.15, -0.1) is 0 Å². The van der Waals surface area contributed by atoms with Crippen molar-refractivity contribution in [1.29, 1.82) is 0 Å². The number of nitrogens with zero attached hydrogens (tertiary/aromatic N) is 2. The lowest BCUT2D eigenvalue weighted by Gasteiger charge is -2.34. The van der Waals surface area contributed by atoms with Crippen LogP contribution < -0.4 is 5.32 Å². The lowest BCUT2D eigenvalue weighted by molar-refractivity contribution is -0.114. The van der Waals surface area contributed by atoms with Gasteiger partial charge in [-0.05, 0) is 36.2 Å². The van der Waals surface area contributed by atoms with Gasteiger partial charge in [-0.2, -0.15) is 0 Å². The fourth-order valence-corrected chi connectivity index (χ4v) is 3.19. The maximum absolute atomic E-state index is 12.6. The Labute approximate surface area is 154 Å². The van der Waals surface area contributed by atoms with Crippen LogP contribution in [0.4, 0.5) is 5.69 Å². The highest BCUT2D eigenvalue weighted by molar-refractivity contribution is 5.95. The van der Waals surface area contributed by atoms with E-state index >= 15 is 0 Å². The first-order valence-corrected chi connectivity index (χ1v) is 9.05. The molecule has 2 aromatic rings. The molecule has 5 heteroatoms. The molecule has 3 rings (SSSR count). The number of hydrogen-bond acceptors (Lipinski definition) is 3. The summed E-state index contributed by atoms with van der Waals surface area (Å²) in [7, 11) is 0. The summed E-state index contributed by atoms with van der Waals surface area (Å²) in [4.78, 5) is 28.0. The Kier molecular flexibility index (Phi) is 6.02. The van der Waals surface area contributed by atoms with Crippen LogP contribution in [0.15, 0.2) is 54.6 Å². The van der Waals surface area contributed by atoms with E-state index in [9.17, 15) is 9.59 Å². The summed E-state index contributed by atoms with van der Waals surface area (Å²) in [5.74, 6) is -0.0576. The Morgan fingerprint density at radius 1 is 0.923 bits per heavy atom. The number of piperazine rings is 1. The van der Waals surface area contributed by atoms with Crippen molar-refractivity contribution >= 4 is 17.5 Å². The molecule has 1 aliphatic rings. The smallest absolute Gasteiger partial charge is 0.253 e. The van der Waals surface area contributed by atoms with E-state index in [1.807, 2.05) is 11.0 Å². The minimum Gasteiger partial charge on any atom is -0.336 e. The van der Waals surface area contributed by atoms with Crippen molar-refractivity contribution in [2.75, 3.05) is 38.0 Å². The summed E-state index contributed by atoms with van der Waals surface area (Å²) in [6, 6.07) is 17.6. The Morgan fingerprint density at radius 2 is 1.58 bits per heavy atom. The lowest BCUT2D eigenvalue weighted by atomic mass is 10.1. The van der Waals surface area contributed by atoms with Gasteiger partial charge in [-0.3, -0.25) is 14.5 Å². The fraction of sp³-hybridized carbons (Fsp3) is 0.333. The third-order valence-corrected chi connectivity index (χ3v) is 4.67. The zero-order valence-electron chi connectivity index (χ0n) is 15.1. The van der Waals surface area contributed by atoms with E-state index in [2.05, 4.69) is 34.5 Å². The van der Waals surface area contributed by atoms with Crippen LogP contribution in [-0.2, 0) is 11.2 Å². The predicted octanol–water partition coefficient (Wildman–Crippen LogP) is 2.65. The summed E-state index contributed by atoms with van der Waals surface area (Å²) >= 11 is 0. The van der Waals surface area contributed by atoms with Crippen LogP contribution in [0.25, 0.3) is 0 Å². The molecule has 0 aromatic heterocycles. The monoisotopic (exact) mass is 351 g/mol. The topological polar surface area (TPSA) is 52.7 Å². The van der Waals surface area contributed by atoms with Crippen molar-refractivity contribution in [3.05, 3.63) is 65.7 Å². The van der Waals surface area contributed by atoms with Crippen molar-refractivity contribution in [2.24, 2.45) is 0 Å². The second-order valence-electron chi connectivity index (χ2n) is 6.63. The molecule has 0 radical (unpaired) electrons. The van der Waals surface area contributed by atoms with E-state index < -0.39 is 0 Å². The van der Waals surface area contributed by atoms with Gasteiger partial charge in [-0.25, -0.2) is 0 Å². The molecular formula is C21H25N3O2. The first kappa shape index (κ1) is 18.1. The number of carbonyl (C=O) groups is 2. The summed E-state index contributed by atoms with van der Waals surface area (Å²) in [5.41, 5.74) is 2.72. The van der Waals surface area contributed by atoms with Crippen LogP contribution in [0.5, 0.6) is 0 Å². The third-order valence-electron chi connectivity index (χ3n) is 4.67. The minimum atomic E-state index is -0.115. The zero-order chi connectivity index (χ0) is 18.4. The molecular weight excluding hydrogens is 326 g/mol. The Balaban J connectivity index is 1.48. The molecule has 1 N–H and O–H groups in total. The third kappa shape index (κ3) is 4.92. The number of nitrogens with one attached hydrogen (secondary N) is 1. The maximum Gasteiger partial charge on any atom is 0.253 e. The normalized spacial score (nSPS) is 14.9. The molecule has 0 saturated carbocycles. The van der Waals surface area contributed by atoms with Gasteiger partial charge in [0.25, 0.3) is 5.91 Å². The van der Waals surface area contributed by atoms with Crippen molar-refractivity contribution in [3.8, 4) is 0 Å². The van der Waals surface area contributed by atoms with Gasteiger partial charge in [-0.1, -0.05) is 30.3 Å². The maximum atomic E-state index is 12.6. The highest BCUT2D eigenvalue weighted by Crippen LogP contribution is 2.13. The van der Waals surface area contributed by atoms with E-state index in [0.29, 0.717) is 11.3 Å². The molecule has 0 aliphatic carbocycles. The van der Waals surface area contributed by atoms with Gasteiger partial charge >= 0.3 is 0 Å². The van der Waals surface area contributed by atoms with Crippen LogP contribution >= 0.6 is 0 Å². The highest BCUT2D eigenvalue weighted by Gasteiger charge is 2.21. The van der Waals surface area contributed by atoms with E-state index in [0.717, 1.165) is 39.1 Å². The molecule has 1 aliphatic heterocycles. The van der Waals surface area contributed by atoms with Gasteiger partial charge in [0.2, 0.25) is 5.91 Å². The van der Waals surface area contributed by atoms with Gasteiger partial charge < -0.3 is 10.2 Å². The summed E-state index contributed by atoms with van der Waals surface area (Å²) in [6.45, 7) is 5.81. The number of carbonyl (C=O) groups excluding carboxylic acids is 2. The van der Waals surface area contributed by atoms with Crippen molar-refractivity contribution in [1.82, 2.24) is 9.80 Å². The number of benzene rings is 2. The molecule has 2 aromatic carbocycles. The molecule has 0 bridgehead atoms. The predicted molar refractivity (Wildman–Crippen MR) is 103 cm³/mol. The quantitative estimate of drug-likeness (QED) is 0.901. The van der Waals surface area contributed by atoms with Crippen LogP contribution in [0.3, 0.4) is 0 Å². The molecule has 0 unspecified atom stereocenters. The Bertz CT molecular complexity index is 736. The molecule has 0 spiro atoms. The Hall–Kier alpha value is -2.66. The fourth-order valence-electron chi connectivity index (χ4n) is 3.19. The van der Waals surface area contributed by atoms with Crippen LogP contribution in [0.2, 0.25) is 0 Å². The molecule has 0 atom stereocenters. The number of amides is 2. The second kappa shape index (κ2) is 8.63. The zero-order valence-corrected chi connectivity index (χ0v) is 15.1. The van der Waals surface area contributed by atoms with E-state index in [-0.39, 0.29) is 11.8 Å². The first-order valence-electron chi connectivity index (χ1n) is 9.05. The van der Waals surface area contributed by atoms with Crippen LogP contribution in [-0.4, -0.2) is 54.3 Å². The van der Waals surface area contributed by atoms with E-state index in [1.54, 1.807) is 24.3 Å². The standard InChI is InChI=1S/C21H25N3O2/c1-17(25)22-20-9-7-19(8-10-20)21(26)24-15-13-23(14-16-24)12-11-18-5-3-2-4-6-18/h2-10H,11-16H2,1H3,(H,22,25). The van der Waals surface area contributed by atoms with Crippen molar-refractivity contribution in [3.63, 3.8) is 0 Å². The minimum absolute atomic E-state index is 0.0575. The van der Waals surface area contributed by atoms with Crippen LogP contribution in [0, 0.1) is 0 Å². The largest absolute Gasteiger partial charge is 0.336 e. The van der Waals surface area contributed by atoms with Gasteiger partial charge in [0.15, 0.2) is 0 Å². The number of hydrogen-bond donors (Lipinski definition) is 1. The molecule has 1 saturated heterocycles. The van der Waals surface area contributed by atoms with Gasteiger partial charge in [0.1, 0.15) is 0 Å². The average molecular weight is 351 g/mol. The molecule has 136 valence electrons. The van der Waals surface area contributed by atoms with Crippen molar-refractivity contribution in [2.45, 2.75) is 13.3 Å². The molecule has 1 heterocycles. The molecule has 5 nitrogen and oxygen atoms in total. The van der Waals surface area contributed by atoms with Crippen LogP contribution in [0.1, 0.15) is 22.8 Å². The van der Waals surface area contributed by atoms with E-state index in [1.165, 1.54) is 12.5 Å². The summed E-state index contributed by atoms with van der Waals surface area (Å²) in [6.07, 6.45) is 1.04. The number of rotatable bonds is 5. The van der Waals surface area contributed by atoms with Gasteiger partial charge in [0.05, 0.1) is 0 Å². The Morgan fingerprint density at radius 3 is 2.19 bits per heavy atom.